The molecular formula is C15H18ClLiNO2S2. The molecule has 2 aromatic rings. The Kier molecular flexibility index (Phi) is 8.19. The first-order valence-corrected chi connectivity index (χ1v) is 9.67. The van der Waals surface area contributed by atoms with Crippen molar-refractivity contribution in [1.29, 1.82) is 0 Å². The van der Waals surface area contributed by atoms with Crippen LogP contribution in [0.1, 0.15) is 23.8 Å². The van der Waals surface area contributed by atoms with Crippen LogP contribution in [0.3, 0.4) is 0 Å². The summed E-state index contributed by atoms with van der Waals surface area (Å²) < 4.78 is 27.3. The van der Waals surface area contributed by atoms with E-state index in [0.29, 0.717) is 11.4 Å². The van der Waals surface area contributed by atoms with Crippen LogP contribution in [0, 0.1) is 0 Å². The summed E-state index contributed by atoms with van der Waals surface area (Å²) >= 11 is 7.63. The summed E-state index contributed by atoms with van der Waals surface area (Å²) in [6.45, 7) is 1.97. The summed E-state index contributed by atoms with van der Waals surface area (Å²) in [4.78, 5) is 1.02. The van der Waals surface area contributed by atoms with Gasteiger partial charge in [0.05, 0.1) is 10.8 Å². The third-order valence-corrected chi connectivity index (χ3v) is 5.98. The van der Waals surface area contributed by atoms with Crippen LogP contribution in [0.2, 0.25) is 5.02 Å². The molecule has 1 aromatic heterocycles. The van der Waals surface area contributed by atoms with Crippen LogP contribution in [0.5, 0.6) is 0 Å². The number of hydrogen-bond acceptors (Lipinski definition) is 3. The van der Waals surface area contributed by atoms with E-state index < -0.39 is 10.0 Å². The summed E-state index contributed by atoms with van der Waals surface area (Å²) in [5.41, 5.74) is 0.786. The van der Waals surface area contributed by atoms with Gasteiger partial charge in [0, 0.05) is 29.8 Å². The van der Waals surface area contributed by atoms with Gasteiger partial charge in [-0.15, -0.1) is 11.3 Å². The molecule has 7 heteroatoms. The van der Waals surface area contributed by atoms with Crippen molar-refractivity contribution in [3.63, 3.8) is 0 Å². The Balaban J connectivity index is 0.00000242. The van der Waals surface area contributed by atoms with Crippen molar-refractivity contribution in [2.75, 3.05) is 0 Å². The molecular weight excluding hydrogens is 333 g/mol. The zero-order valence-electron chi connectivity index (χ0n) is 12.8. The van der Waals surface area contributed by atoms with Gasteiger partial charge in [-0.2, -0.15) is 0 Å². The van der Waals surface area contributed by atoms with Gasteiger partial charge in [-0.25, -0.2) is 13.1 Å². The quantitative estimate of drug-likeness (QED) is 0.777. The zero-order chi connectivity index (χ0) is 15.3. The maximum absolute atomic E-state index is 12.2. The Morgan fingerprint density at radius 3 is 2.45 bits per heavy atom. The number of sulfonamides is 1. The van der Waals surface area contributed by atoms with Crippen molar-refractivity contribution in [3.05, 3.63) is 57.2 Å². The number of hydrogen-bond donors (Lipinski definition) is 1. The summed E-state index contributed by atoms with van der Waals surface area (Å²) in [7, 11) is -3.35. The first kappa shape index (κ1) is 19.8. The van der Waals surface area contributed by atoms with Crippen molar-refractivity contribution in [3.8, 4) is 0 Å². The van der Waals surface area contributed by atoms with Crippen molar-refractivity contribution in [2.24, 2.45) is 0 Å². The van der Waals surface area contributed by atoms with Crippen LogP contribution in [0.25, 0.3) is 0 Å². The predicted octanol–water partition coefficient (Wildman–Crippen LogP) is 3.46. The molecule has 115 valence electrons. The largest absolute Gasteiger partial charge is 0.216 e. The summed E-state index contributed by atoms with van der Waals surface area (Å²) in [6.07, 6.45) is 1.35. The molecule has 1 atom stereocenters. The molecule has 0 bridgehead atoms. The van der Waals surface area contributed by atoms with Crippen LogP contribution in [0.15, 0.2) is 41.8 Å². The van der Waals surface area contributed by atoms with E-state index in [1.54, 1.807) is 11.3 Å². The molecule has 0 spiro atoms. The van der Waals surface area contributed by atoms with E-state index in [4.69, 9.17) is 11.6 Å². The van der Waals surface area contributed by atoms with Crippen molar-refractivity contribution in [2.45, 2.75) is 31.6 Å². The van der Waals surface area contributed by atoms with Crippen molar-refractivity contribution >= 4 is 51.8 Å². The minimum atomic E-state index is -3.35. The molecule has 0 fully saturated rings. The first-order valence-electron chi connectivity index (χ1n) is 6.76. The summed E-state index contributed by atoms with van der Waals surface area (Å²) in [6, 6.07) is 10.9. The smallest absolute Gasteiger partial charge is 0.212 e. The molecule has 0 amide bonds. The second-order valence-electron chi connectivity index (χ2n) is 4.86. The van der Waals surface area contributed by atoms with Crippen molar-refractivity contribution < 1.29 is 8.42 Å². The molecule has 2 rings (SSSR count). The SMILES string of the molecule is CC[C@H](Cc1sccc1Cl)NS(=O)(=O)Cc1ccccc1.[Li]. The predicted molar refractivity (Wildman–Crippen MR) is 95.1 cm³/mol. The molecule has 0 saturated carbocycles. The van der Waals surface area contributed by atoms with E-state index in [2.05, 4.69) is 4.72 Å². The number of thiophene rings is 1. The van der Waals surface area contributed by atoms with E-state index in [9.17, 15) is 8.42 Å². The van der Waals surface area contributed by atoms with Crippen LogP contribution >= 0.6 is 22.9 Å². The Bertz CT molecular complexity index is 674. The molecule has 3 nitrogen and oxygen atoms in total. The molecule has 22 heavy (non-hydrogen) atoms. The molecule has 1 heterocycles. The topological polar surface area (TPSA) is 46.2 Å². The fourth-order valence-electron chi connectivity index (χ4n) is 2.05. The van der Waals surface area contributed by atoms with Crippen LogP contribution in [-0.2, 0) is 22.2 Å². The van der Waals surface area contributed by atoms with Crippen LogP contribution < -0.4 is 4.72 Å². The molecule has 0 saturated heterocycles. The van der Waals surface area contributed by atoms with Gasteiger partial charge in [-0.05, 0) is 29.9 Å². The third-order valence-electron chi connectivity index (χ3n) is 3.16. The molecule has 0 aliphatic carbocycles. The second-order valence-corrected chi connectivity index (χ2v) is 8.03. The second kappa shape index (κ2) is 9.12. The van der Waals surface area contributed by atoms with E-state index in [0.717, 1.165) is 16.9 Å². The Labute approximate surface area is 153 Å². The van der Waals surface area contributed by atoms with E-state index in [1.807, 2.05) is 48.7 Å². The van der Waals surface area contributed by atoms with E-state index >= 15 is 0 Å². The zero-order valence-corrected chi connectivity index (χ0v) is 15.1. The van der Waals surface area contributed by atoms with Gasteiger partial charge in [0.1, 0.15) is 0 Å². The molecule has 1 radical (unpaired) electrons. The average Bonchev–Trinajstić information content (AvgIpc) is 2.84. The number of halogens is 1. The molecule has 0 aliphatic heterocycles. The van der Waals surface area contributed by atoms with Gasteiger partial charge in [-0.1, -0.05) is 48.9 Å². The maximum Gasteiger partial charge on any atom is 0.216 e. The normalized spacial score (nSPS) is 12.6. The fourth-order valence-corrected chi connectivity index (χ4v) is 4.72. The van der Waals surface area contributed by atoms with Gasteiger partial charge >= 0.3 is 0 Å². The molecule has 0 unspecified atom stereocenters. The van der Waals surface area contributed by atoms with Gasteiger partial charge in [-0.3, -0.25) is 0 Å². The third kappa shape index (κ3) is 6.08. The Morgan fingerprint density at radius 1 is 1.23 bits per heavy atom. The fraction of sp³-hybridized carbons (Fsp3) is 0.333. The van der Waals surface area contributed by atoms with E-state index in [-0.39, 0.29) is 30.7 Å². The number of rotatable bonds is 7. The van der Waals surface area contributed by atoms with Gasteiger partial charge in [0.15, 0.2) is 0 Å². The van der Waals surface area contributed by atoms with Crippen molar-refractivity contribution in [1.82, 2.24) is 4.72 Å². The molecule has 1 N–H and O–H groups in total. The molecule has 0 aliphatic rings. The Hall–Kier alpha value is -0.283. The van der Waals surface area contributed by atoms with Gasteiger partial charge < -0.3 is 0 Å². The number of benzene rings is 1. The monoisotopic (exact) mass is 350 g/mol. The summed E-state index contributed by atoms with van der Waals surface area (Å²) in [5.74, 6) is 0.00249. The minimum Gasteiger partial charge on any atom is -0.212 e. The average molecular weight is 351 g/mol. The minimum absolute atomic E-state index is 0. The van der Waals surface area contributed by atoms with Crippen LogP contribution in [0.4, 0.5) is 0 Å². The summed E-state index contributed by atoms with van der Waals surface area (Å²) in [5, 5.41) is 2.63. The molecule has 1 aromatic carbocycles. The Morgan fingerprint density at radius 2 is 1.91 bits per heavy atom. The standard InChI is InChI=1S/C15H18ClNO2S2.Li/c1-2-13(10-15-14(16)8-9-20-15)17-21(18,19)11-12-6-4-3-5-7-12;/h3-9,13,17H,2,10-11H2,1H3;/t13-;/m1./s1. The maximum atomic E-state index is 12.2. The van der Waals surface area contributed by atoms with Gasteiger partial charge in [0.2, 0.25) is 10.0 Å². The number of nitrogens with one attached hydrogen (secondary N) is 1. The van der Waals surface area contributed by atoms with Crippen LogP contribution in [-0.4, -0.2) is 33.3 Å². The first-order chi connectivity index (χ1) is 10.00. The van der Waals surface area contributed by atoms with E-state index in [1.165, 1.54) is 0 Å². The van der Waals surface area contributed by atoms with Gasteiger partial charge in [0.25, 0.3) is 0 Å².